The Morgan fingerprint density at radius 1 is 0.667 bits per heavy atom. The van der Waals surface area contributed by atoms with Crippen molar-refractivity contribution in [3.8, 4) is 0 Å². The van der Waals surface area contributed by atoms with Gasteiger partial charge in [-0.15, -0.1) is 0 Å². The van der Waals surface area contributed by atoms with Gasteiger partial charge in [0, 0.05) is 25.9 Å². The fourth-order valence-corrected chi connectivity index (χ4v) is 24.8. The van der Waals surface area contributed by atoms with Crippen molar-refractivity contribution in [3.63, 3.8) is 0 Å². The highest BCUT2D eigenvalue weighted by Crippen LogP contribution is 2.13. The van der Waals surface area contributed by atoms with Gasteiger partial charge in [-0.3, -0.25) is 0 Å². The zero-order chi connectivity index (χ0) is 13.5. The minimum atomic E-state index is -0.136. The van der Waals surface area contributed by atoms with E-state index in [1.807, 2.05) is 0 Å². The summed E-state index contributed by atoms with van der Waals surface area (Å²) in [6.45, 7) is 7.23. The number of unbranched alkanes of at least 4 members (excludes halogenated alkanes) is 8. The molecule has 0 spiro atoms. The summed E-state index contributed by atoms with van der Waals surface area (Å²) in [4.78, 5) is 0. The van der Waals surface area contributed by atoms with E-state index in [0.29, 0.717) is 17.6 Å². The standard InChI is InChI=1S/C15H38Si3/c1-4-6-8-10-12-14-18(17-16-3)15-13-11-9-7-5-2/h18H,4-17H2,1-3H3. The molecule has 0 saturated heterocycles. The van der Waals surface area contributed by atoms with E-state index in [9.17, 15) is 0 Å². The van der Waals surface area contributed by atoms with Gasteiger partial charge < -0.3 is 0 Å². The maximum Gasteiger partial charge on any atom is 0.0210 e. The molecule has 0 saturated carbocycles. The van der Waals surface area contributed by atoms with Crippen molar-refractivity contribution < 1.29 is 0 Å². The quantitative estimate of drug-likeness (QED) is 0.337. The Hall–Kier alpha value is 0.651. The van der Waals surface area contributed by atoms with Crippen molar-refractivity contribution >= 4 is 25.9 Å². The van der Waals surface area contributed by atoms with Gasteiger partial charge in [0.05, 0.1) is 0 Å². The van der Waals surface area contributed by atoms with Crippen molar-refractivity contribution in [1.82, 2.24) is 0 Å². The second-order valence-corrected chi connectivity index (χ2v) is 23.9. The zero-order valence-corrected chi connectivity index (χ0v) is 17.5. The summed E-state index contributed by atoms with van der Waals surface area (Å²) in [6.07, 6.45) is 15.1. The SMILES string of the molecule is CCCCCCC[SiH](CCCCCCC)[SiH2][SiH2]C. The molecule has 0 aromatic rings. The molecule has 0 bridgehead atoms. The first-order valence-corrected chi connectivity index (χ1v) is 19.2. The molecule has 0 aliphatic heterocycles. The predicted molar refractivity (Wildman–Crippen MR) is 97.2 cm³/mol. The molecule has 0 aromatic heterocycles. The van der Waals surface area contributed by atoms with Gasteiger partial charge in [-0.05, 0) is 0 Å². The molecule has 0 unspecified atom stereocenters. The molecule has 0 amide bonds. The van der Waals surface area contributed by atoms with Gasteiger partial charge in [0.25, 0.3) is 0 Å². The minimum Gasteiger partial charge on any atom is -0.0773 e. The van der Waals surface area contributed by atoms with Crippen LogP contribution in [-0.4, -0.2) is 25.9 Å². The van der Waals surface area contributed by atoms with E-state index >= 15 is 0 Å². The van der Waals surface area contributed by atoms with Crippen molar-refractivity contribution in [3.05, 3.63) is 0 Å². The van der Waals surface area contributed by atoms with Gasteiger partial charge in [-0.1, -0.05) is 96.7 Å². The highest BCUT2D eigenvalue weighted by atomic mass is 29.5. The topological polar surface area (TPSA) is 0 Å². The Morgan fingerprint density at radius 2 is 1.11 bits per heavy atom. The Labute approximate surface area is 123 Å². The van der Waals surface area contributed by atoms with Crippen molar-refractivity contribution in [2.45, 2.75) is 96.7 Å². The number of hydrogen-bond donors (Lipinski definition) is 0. The zero-order valence-electron chi connectivity index (χ0n) is 13.5. The minimum absolute atomic E-state index is 0.136. The second-order valence-electron chi connectivity index (χ2n) is 6.06. The molecule has 0 aromatic carbocycles. The van der Waals surface area contributed by atoms with E-state index in [1.54, 1.807) is 37.8 Å². The average molecular weight is 303 g/mol. The molecule has 0 atom stereocenters. The fourth-order valence-electron chi connectivity index (χ4n) is 2.91. The summed E-state index contributed by atoms with van der Waals surface area (Å²) in [5.41, 5.74) is 0. The highest BCUT2D eigenvalue weighted by Gasteiger charge is 2.09. The van der Waals surface area contributed by atoms with Gasteiger partial charge in [-0.25, -0.2) is 0 Å². The fraction of sp³-hybridized carbons (Fsp3) is 1.00. The van der Waals surface area contributed by atoms with Crippen LogP contribution >= 0.6 is 0 Å². The van der Waals surface area contributed by atoms with E-state index in [0.717, 1.165) is 0 Å². The lowest BCUT2D eigenvalue weighted by Crippen LogP contribution is -2.25. The highest BCUT2D eigenvalue weighted by molar-refractivity contribution is 7.35. The normalized spacial score (nSPS) is 12.7. The summed E-state index contributed by atoms with van der Waals surface area (Å²) in [5.74, 6) is 0. The van der Waals surface area contributed by atoms with Crippen molar-refractivity contribution in [1.29, 1.82) is 0 Å². The van der Waals surface area contributed by atoms with Crippen LogP contribution in [0.1, 0.15) is 78.1 Å². The van der Waals surface area contributed by atoms with E-state index in [-0.39, 0.29) is 8.31 Å². The lowest BCUT2D eigenvalue weighted by Gasteiger charge is -2.13. The molecule has 0 aliphatic rings. The summed E-state index contributed by atoms with van der Waals surface area (Å²) in [7, 11) is 0.878. The molecule has 3 heteroatoms. The van der Waals surface area contributed by atoms with E-state index < -0.39 is 0 Å². The molecular weight excluding hydrogens is 264 g/mol. The molecule has 0 N–H and O–H groups in total. The second kappa shape index (κ2) is 15.7. The third-order valence-corrected chi connectivity index (χ3v) is 27.1. The summed E-state index contributed by atoms with van der Waals surface area (Å²) in [6, 6.07) is 3.48. The van der Waals surface area contributed by atoms with Gasteiger partial charge >= 0.3 is 0 Å². The summed E-state index contributed by atoms with van der Waals surface area (Å²) >= 11 is 0. The maximum absolute atomic E-state index is 2.58. The first kappa shape index (κ1) is 18.7. The predicted octanol–water partition coefficient (Wildman–Crippen LogP) is 3.95. The van der Waals surface area contributed by atoms with Crippen LogP contribution in [-0.2, 0) is 0 Å². The van der Waals surface area contributed by atoms with E-state index in [2.05, 4.69) is 20.4 Å². The smallest absolute Gasteiger partial charge is 0.0210 e. The first-order chi connectivity index (χ1) is 8.85. The average Bonchev–Trinajstić information content (AvgIpc) is 2.38. The number of hydrogen-bond acceptors (Lipinski definition) is 0. The van der Waals surface area contributed by atoms with E-state index in [4.69, 9.17) is 0 Å². The Morgan fingerprint density at radius 3 is 1.50 bits per heavy atom. The van der Waals surface area contributed by atoms with Crippen molar-refractivity contribution in [2.24, 2.45) is 0 Å². The maximum atomic E-state index is 2.58. The van der Waals surface area contributed by atoms with Gasteiger partial charge in [-0.2, -0.15) is 0 Å². The molecular formula is C15H38Si3. The van der Waals surface area contributed by atoms with Crippen LogP contribution in [0.5, 0.6) is 0 Å². The van der Waals surface area contributed by atoms with Gasteiger partial charge in [0.1, 0.15) is 0 Å². The lowest BCUT2D eigenvalue weighted by atomic mass is 10.2. The van der Waals surface area contributed by atoms with Crippen LogP contribution in [0.25, 0.3) is 0 Å². The molecule has 0 radical (unpaired) electrons. The molecule has 0 fully saturated rings. The Balaban J connectivity index is 3.45. The Bertz CT molecular complexity index is 137. The Kier molecular flexibility index (Phi) is 16.3. The van der Waals surface area contributed by atoms with Gasteiger partial charge in [0.2, 0.25) is 0 Å². The van der Waals surface area contributed by atoms with Crippen LogP contribution in [0.2, 0.25) is 18.6 Å². The molecule has 0 rings (SSSR count). The monoisotopic (exact) mass is 302 g/mol. The van der Waals surface area contributed by atoms with Crippen LogP contribution in [0.15, 0.2) is 0 Å². The molecule has 110 valence electrons. The van der Waals surface area contributed by atoms with Crippen LogP contribution < -0.4 is 0 Å². The van der Waals surface area contributed by atoms with Crippen LogP contribution in [0, 0.1) is 0 Å². The van der Waals surface area contributed by atoms with Crippen molar-refractivity contribution in [2.75, 3.05) is 0 Å². The molecule has 0 aliphatic carbocycles. The van der Waals surface area contributed by atoms with Crippen LogP contribution in [0.4, 0.5) is 0 Å². The molecule has 18 heavy (non-hydrogen) atoms. The number of rotatable bonds is 14. The third-order valence-electron chi connectivity index (χ3n) is 4.13. The first-order valence-electron chi connectivity index (χ1n) is 8.85. The lowest BCUT2D eigenvalue weighted by molar-refractivity contribution is 0.647. The summed E-state index contributed by atoms with van der Waals surface area (Å²) < 4.78 is 0. The van der Waals surface area contributed by atoms with Gasteiger partial charge in [0.15, 0.2) is 0 Å². The van der Waals surface area contributed by atoms with Crippen LogP contribution in [0.3, 0.4) is 0 Å². The summed E-state index contributed by atoms with van der Waals surface area (Å²) in [5, 5.41) is 0. The largest absolute Gasteiger partial charge is 0.0773 e. The van der Waals surface area contributed by atoms with E-state index in [1.165, 1.54) is 38.5 Å². The third kappa shape index (κ3) is 13.1. The molecule has 0 nitrogen and oxygen atoms in total. The molecule has 0 heterocycles.